The monoisotopic (exact) mass is 294 g/mol. The molecule has 1 N–H and O–H groups in total. The van der Waals surface area contributed by atoms with Crippen molar-refractivity contribution in [1.29, 1.82) is 0 Å². The SMILES string of the molecule is C=C(C(=O)N1CCNCC1)c1cccc(Br)c1. The molecule has 1 aromatic rings. The van der Waals surface area contributed by atoms with Gasteiger partial charge >= 0.3 is 0 Å². The highest BCUT2D eigenvalue weighted by Crippen LogP contribution is 2.19. The summed E-state index contributed by atoms with van der Waals surface area (Å²) in [5.41, 5.74) is 1.44. The first-order valence-electron chi connectivity index (χ1n) is 5.63. The summed E-state index contributed by atoms with van der Waals surface area (Å²) in [7, 11) is 0. The van der Waals surface area contributed by atoms with Gasteiger partial charge in [-0.1, -0.05) is 34.6 Å². The molecule has 0 aromatic heterocycles. The lowest BCUT2D eigenvalue weighted by Gasteiger charge is -2.28. The lowest BCUT2D eigenvalue weighted by atomic mass is 10.1. The maximum Gasteiger partial charge on any atom is 0.253 e. The Hall–Kier alpha value is -1.13. The first-order chi connectivity index (χ1) is 8.18. The average Bonchev–Trinajstić information content (AvgIpc) is 2.38. The predicted octanol–water partition coefficient (Wildman–Crippen LogP) is 1.89. The third kappa shape index (κ3) is 2.96. The fourth-order valence-electron chi connectivity index (χ4n) is 1.86. The Balaban J connectivity index is 2.11. The van der Waals surface area contributed by atoms with Crippen LogP contribution in [0.4, 0.5) is 0 Å². The fraction of sp³-hybridized carbons (Fsp3) is 0.308. The van der Waals surface area contributed by atoms with Crippen molar-refractivity contribution in [2.45, 2.75) is 0 Å². The van der Waals surface area contributed by atoms with Crippen molar-refractivity contribution in [3.63, 3.8) is 0 Å². The number of halogens is 1. The van der Waals surface area contributed by atoms with E-state index in [1.165, 1.54) is 0 Å². The Bertz CT molecular complexity index is 439. The summed E-state index contributed by atoms with van der Waals surface area (Å²) >= 11 is 3.40. The summed E-state index contributed by atoms with van der Waals surface area (Å²) in [6.45, 7) is 7.14. The van der Waals surface area contributed by atoms with Crippen molar-refractivity contribution in [3.8, 4) is 0 Å². The molecule has 1 heterocycles. The molecule has 3 nitrogen and oxygen atoms in total. The maximum atomic E-state index is 12.2. The van der Waals surface area contributed by atoms with Crippen molar-refractivity contribution < 1.29 is 4.79 Å². The second kappa shape index (κ2) is 5.47. The van der Waals surface area contributed by atoms with E-state index in [2.05, 4.69) is 27.8 Å². The number of hydrogen-bond acceptors (Lipinski definition) is 2. The zero-order valence-electron chi connectivity index (χ0n) is 9.58. The van der Waals surface area contributed by atoms with E-state index >= 15 is 0 Å². The van der Waals surface area contributed by atoms with E-state index in [4.69, 9.17) is 0 Å². The highest BCUT2D eigenvalue weighted by molar-refractivity contribution is 9.10. The summed E-state index contributed by atoms with van der Waals surface area (Å²) in [6, 6.07) is 7.68. The molecule has 4 heteroatoms. The number of rotatable bonds is 2. The molecule has 0 atom stereocenters. The molecule has 1 amide bonds. The van der Waals surface area contributed by atoms with E-state index in [1.54, 1.807) is 0 Å². The average molecular weight is 295 g/mol. The molecule has 0 bridgehead atoms. The van der Waals surface area contributed by atoms with Crippen LogP contribution < -0.4 is 5.32 Å². The van der Waals surface area contributed by atoms with Crippen molar-refractivity contribution >= 4 is 27.4 Å². The van der Waals surface area contributed by atoms with Crippen LogP contribution in [0.5, 0.6) is 0 Å². The smallest absolute Gasteiger partial charge is 0.253 e. The van der Waals surface area contributed by atoms with Gasteiger partial charge in [-0.05, 0) is 17.7 Å². The van der Waals surface area contributed by atoms with Crippen LogP contribution in [0, 0.1) is 0 Å². The summed E-state index contributed by atoms with van der Waals surface area (Å²) in [6.07, 6.45) is 0. The van der Waals surface area contributed by atoms with E-state index in [9.17, 15) is 4.79 Å². The summed E-state index contributed by atoms with van der Waals surface area (Å²) < 4.78 is 0.962. The molecule has 1 aliphatic rings. The lowest BCUT2D eigenvalue weighted by molar-refractivity contribution is -0.125. The minimum Gasteiger partial charge on any atom is -0.336 e. The third-order valence-electron chi connectivity index (χ3n) is 2.84. The first kappa shape index (κ1) is 12.3. The largest absolute Gasteiger partial charge is 0.336 e. The van der Waals surface area contributed by atoms with E-state index in [-0.39, 0.29) is 5.91 Å². The number of carbonyl (C=O) groups excluding carboxylic acids is 1. The fourth-order valence-corrected chi connectivity index (χ4v) is 2.26. The number of piperazine rings is 1. The van der Waals surface area contributed by atoms with Gasteiger partial charge in [-0.2, -0.15) is 0 Å². The molecule has 1 aliphatic heterocycles. The molecular weight excluding hydrogens is 280 g/mol. The Morgan fingerprint density at radius 3 is 2.71 bits per heavy atom. The van der Waals surface area contributed by atoms with Gasteiger partial charge in [0.2, 0.25) is 0 Å². The van der Waals surface area contributed by atoms with Crippen molar-refractivity contribution in [2.24, 2.45) is 0 Å². The van der Waals surface area contributed by atoms with Crippen molar-refractivity contribution in [3.05, 3.63) is 40.9 Å². The Morgan fingerprint density at radius 1 is 1.35 bits per heavy atom. The molecule has 0 unspecified atom stereocenters. The van der Waals surface area contributed by atoms with Crippen LogP contribution >= 0.6 is 15.9 Å². The molecule has 0 spiro atoms. The minimum atomic E-state index is 0.0320. The summed E-state index contributed by atoms with van der Waals surface area (Å²) in [5.74, 6) is 0.0320. The Morgan fingerprint density at radius 2 is 2.06 bits per heavy atom. The second-order valence-corrected chi connectivity index (χ2v) is 4.95. The van der Waals surface area contributed by atoms with Gasteiger partial charge in [0.15, 0.2) is 0 Å². The van der Waals surface area contributed by atoms with Crippen LogP contribution in [0.15, 0.2) is 35.3 Å². The Labute approximate surface area is 110 Å². The highest BCUT2D eigenvalue weighted by Gasteiger charge is 2.19. The normalized spacial score (nSPS) is 15.7. The van der Waals surface area contributed by atoms with Crippen LogP contribution in [0.25, 0.3) is 5.57 Å². The van der Waals surface area contributed by atoms with Crippen LogP contribution in [-0.4, -0.2) is 37.0 Å². The number of hydrogen-bond donors (Lipinski definition) is 1. The van der Waals surface area contributed by atoms with Gasteiger partial charge in [0.25, 0.3) is 5.91 Å². The van der Waals surface area contributed by atoms with Gasteiger partial charge in [-0.3, -0.25) is 4.79 Å². The molecule has 1 saturated heterocycles. The van der Waals surface area contributed by atoms with E-state index in [1.807, 2.05) is 29.2 Å². The molecule has 1 aromatic carbocycles. The van der Waals surface area contributed by atoms with Gasteiger partial charge in [0, 0.05) is 36.2 Å². The summed E-state index contributed by atoms with van der Waals surface area (Å²) in [4.78, 5) is 14.0. The minimum absolute atomic E-state index is 0.0320. The van der Waals surface area contributed by atoms with Crippen LogP contribution in [0.1, 0.15) is 5.56 Å². The molecule has 0 aliphatic carbocycles. The standard InChI is InChI=1S/C13H15BrN2O/c1-10(11-3-2-4-12(14)9-11)13(17)16-7-5-15-6-8-16/h2-4,9,15H,1,5-8H2. The number of nitrogens with one attached hydrogen (secondary N) is 1. The number of benzene rings is 1. The molecule has 17 heavy (non-hydrogen) atoms. The predicted molar refractivity (Wildman–Crippen MR) is 72.6 cm³/mol. The van der Waals surface area contributed by atoms with Crippen LogP contribution in [0.3, 0.4) is 0 Å². The molecule has 0 radical (unpaired) electrons. The molecule has 90 valence electrons. The third-order valence-corrected chi connectivity index (χ3v) is 3.33. The quantitative estimate of drug-likeness (QED) is 0.845. The van der Waals surface area contributed by atoms with Crippen LogP contribution in [-0.2, 0) is 4.79 Å². The van der Waals surface area contributed by atoms with Gasteiger partial charge in [0.05, 0.1) is 0 Å². The van der Waals surface area contributed by atoms with Gasteiger partial charge in [-0.15, -0.1) is 0 Å². The second-order valence-electron chi connectivity index (χ2n) is 4.03. The molecule has 1 fully saturated rings. The topological polar surface area (TPSA) is 32.3 Å². The molecular formula is C13H15BrN2O. The zero-order chi connectivity index (χ0) is 12.3. The zero-order valence-corrected chi connectivity index (χ0v) is 11.2. The van der Waals surface area contributed by atoms with Gasteiger partial charge in [0.1, 0.15) is 0 Å². The van der Waals surface area contributed by atoms with Gasteiger partial charge in [-0.25, -0.2) is 0 Å². The van der Waals surface area contributed by atoms with E-state index in [0.29, 0.717) is 5.57 Å². The summed E-state index contributed by atoms with van der Waals surface area (Å²) in [5, 5.41) is 3.23. The maximum absolute atomic E-state index is 12.2. The van der Waals surface area contributed by atoms with E-state index < -0.39 is 0 Å². The molecule has 2 rings (SSSR count). The van der Waals surface area contributed by atoms with Crippen molar-refractivity contribution in [1.82, 2.24) is 10.2 Å². The molecule has 0 saturated carbocycles. The van der Waals surface area contributed by atoms with Crippen molar-refractivity contribution in [2.75, 3.05) is 26.2 Å². The number of carbonyl (C=O) groups is 1. The first-order valence-corrected chi connectivity index (χ1v) is 6.42. The lowest BCUT2D eigenvalue weighted by Crippen LogP contribution is -2.46. The number of amides is 1. The van der Waals surface area contributed by atoms with Gasteiger partial charge < -0.3 is 10.2 Å². The number of nitrogens with zero attached hydrogens (tertiary/aromatic N) is 1. The van der Waals surface area contributed by atoms with Crippen LogP contribution in [0.2, 0.25) is 0 Å². The van der Waals surface area contributed by atoms with E-state index in [0.717, 1.165) is 36.2 Å². The highest BCUT2D eigenvalue weighted by atomic mass is 79.9. The Kier molecular flexibility index (Phi) is 3.97.